The molecule has 0 fully saturated rings. The number of hydrogen-bond acceptors (Lipinski definition) is 1. The lowest BCUT2D eigenvalue weighted by Crippen LogP contribution is -2.19. The molecule has 86 valence electrons. The van der Waals surface area contributed by atoms with Crippen LogP contribution < -0.4 is 5.73 Å². The summed E-state index contributed by atoms with van der Waals surface area (Å²) in [7, 11) is 0. The molecule has 0 aliphatic heterocycles. The van der Waals surface area contributed by atoms with Crippen LogP contribution in [0.15, 0.2) is 18.2 Å². The van der Waals surface area contributed by atoms with E-state index in [2.05, 4.69) is 6.92 Å². The van der Waals surface area contributed by atoms with Gasteiger partial charge >= 0.3 is 0 Å². The van der Waals surface area contributed by atoms with E-state index in [0.717, 1.165) is 6.42 Å². The molecule has 0 bridgehead atoms. The third-order valence-corrected chi connectivity index (χ3v) is 3.00. The van der Waals surface area contributed by atoms with Crippen LogP contribution in [0.3, 0.4) is 0 Å². The van der Waals surface area contributed by atoms with Gasteiger partial charge in [-0.3, -0.25) is 0 Å². The van der Waals surface area contributed by atoms with Crippen LogP contribution in [-0.4, -0.2) is 0 Å². The quantitative estimate of drug-likeness (QED) is 0.866. The van der Waals surface area contributed by atoms with E-state index in [4.69, 9.17) is 17.3 Å². The molecule has 0 spiro atoms. The van der Waals surface area contributed by atoms with Gasteiger partial charge in [0.2, 0.25) is 0 Å². The minimum Gasteiger partial charge on any atom is -0.324 e. The van der Waals surface area contributed by atoms with Crippen molar-refractivity contribution in [2.45, 2.75) is 26.3 Å². The van der Waals surface area contributed by atoms with E-state index in [1.165, 1.54) is 6.07 Å². The maximum absolute atomic E-state index is 13.1. The summed E-state index contributed by atoms with van der Waals surface area (Å²) < 4.78 is 13.1. The van der Waals surface area contributed by atoms with Gasteiger partial charge in [-0.05, 0) is 17.5 Å². The Bertz CT molecular complexity index is 317. The van der Waals surface area contributed by atoms with Crippen molar-refractivity contribution < 1.29 is 4.39 Å². The van der Waals surface area contributed by atoms with Crippen molar-refractivity contribution in [1.29, 1.82) is 0 Å². The maximum atomic E-state index is 13.1. The number of rotatable bonds is 3. The summed E-state index contributed by atoms with van der Waals surface area (Å²) in [6, 6.07) is 4.57. The summed E-state index contributed by atoms with van der Waals surface area (Å²) in [5.74, 6) is -0.0998. The van der Waals surface area contributed by atoms with Crippen molar-refractivity contribution in [3.8, 4) is 0 Å². The van der Waals surface area contributed by atoms with Crippen LogP contribution in [0.4, 0.5) is 4.39 Å². The Balaban J connectivity index is 0.00000196. The number of hydrogen-bond donors (Lipinski definition) is 1. The first-order valence-corrected chi connectivity index (χ1v) is 5.15. The highest BCUT2D eigenvalue weighted by molar-refractivity contribution is 6.31. The van der Waals surface area contributed by atoms with Crippen LogP contribution in [-0.2, 0) is 0 Å². The zero-order valence-corrected chi connectivity index (χ0v) is 10.4. The molecule has 15 heavy (non-hydrogen) atoms. The first-order chi connectivity index (χ1) is 6.57. The monoisotopic (exact) mass is 251 g/mol. The van der Waals surface area contributed by atoms with Gasteiger partial charge in [-0.15, -0.1) is 12.4 Å². The van der Waals surface area contributed by atoms with Gasteiger partial charge in [0.25, 0.3) is 0 Å². The van der Waals surface area contributed by atoms with Gasteiger partial charge in [0.05, 0.1) is 5.02 Å². The highest BCUT2D eigenvalue weighted by Crippen LogP contribution is 2.29. The normalized spacial score (nSPS) is 14.2. The average Bonchev–Trinajstić information content (AvgIpc) is 2.20. The van der Waals surface area contributed by atoms with E-state index in [1.807, 2.05) is 6.92 Å². The fourth-order valence-corrected chi connectivity index (χ4v) is 1.59. The van der Waals surface area contributed by atoms with E-state index in [1.54, 1.807) is 12.1 Å². The molecule has 1 unspecified atom stereocenters. The summed E-state index contributed by atoms with van der Waals surface area (Å²) in [5.41, 5.74) is 6.66. The number of halogens is 3. The van der Waals surface area contributed by atoms with E-state index in [-0.39, 0.29) is 23.5 Å². The minimum absolute atomic E-state index is 0. The van der Waals surface area contributed by atoms with Gasteiger partial charge in [-0.2, -0.15) is 0 Å². The number of benzene rings is 1. The van der Waals surface area contributed by atoms with Crippen molar-refractivity contribution in [2.24, 2.45) is 11.7 Å². The van der Waals surface area contributed by atoms with Crippen molar-refractivity contribution in [2.75, 3.05) is 0 Å². The summed E-state index contributed by atoms with van der Waals surface area (Å²) >= 11 is 5.83. The van der Waals surface area contributed by atoms with E-state index >= 15 is 0 Å². The maximum Gasteiger partial charge on any atom is 0.142 e. The van der Waals surface area contributed by atoms with Gasteiger partial charge in [-0.1, -0.05) is 44.0 Å². The van der Waals surface area contributed by atoms with Crippen LogP contribution in [0, 0.1) is 11.7 Å². The molecule has 0 saturated heterocycles. The van der Waals surface area contributed by atoms with E-state index in [9.17, 15) is 4.39 Å². The van der Waals surface area contributed by atoms with Crippen LogP contribution in [0.1, 0.15) is 31.9 Å². The molecule has 0 heterocycles. The van der Waals surface area contributed by atoms with Crippen molar-refractivity contribution in [1.82, 2.24) is 0 Å². The fraction of sp³-hybridized carbons (Fsp3) is 0.455. The Morgan fingerprint density at radius 1 is 1.47 bits per heavy atom. The predicted molar refractivity (Wildman–Crippen MR) is 65.0 cm³/mol. The minimum atomic E-state index is -0.400. The molecule has 1 nitrogen and oxygen atoms in total. The molecule has 0 aromatic heterocycles. The molecule has 4 heteroatoms. The average molecular weight is 252 g/mol. The van der Waals surface area contributed by atoms with Gasteiger partial charge in [0.15, 0.2) is 0 Å². The first kappa shape index (κ1) is 14.7. The second-order valence-corrected chi connectivity index (χ2v) is 3.93. The van der Waals surface area contributed by atoms with Crippen LogP contribution in [0.5, 0.6) is 0 Å². The second kappa shape index (κ2) is 6.31. The standard InChI is InChI=1S/C11H15ClFN.ClH/c1-3-7(2)11(14)8-5-4-6-9(13)10(8)12;/h4-7,11H,3,14H2,1-2H3;1H/t7?,11-;/m1./s1. The molecule has 0 aliphatic carbocycles. The van der Waals surface area contributed by atoms with Gasteiger partial charge < -0.3 is 5.73 Å². The molecular formula is C11H16Cl2FN. The summed E-state index contributed by atoms with van der Waals surface area (Å²) in [6.07, 6.45) is 0.952. The van der Waals surface area contributed by atoms with Crippen LogP contribution >= 0.6 is 24.0 Å². The lowest BCUT2D eigenvalue weighted by molar-refractivity contribution is 0.455. The zero-order chi connectivity index (χ0) is 10.7. The molecule has 1 rings (SSSR count). The Morgan fingerprint density at radius 3 is 2.60 bits per heavy atom. The molecular weight excluding hydrogens is 236 g/mol. The Kier molecular flexibility index (Phi) is 6.18. The largest absolute Gasteiger partial charge is 0.324 e. The van der Waals surface area contributed by atoms with Gasteiger partial charge in [0, 0.05) is 6.04 Å². The lowest BCUT2D eigenvalue weighted by Gasteiger charge is -2.19. The lowest BCUT2D eigenvalue weighted by atomic mass is 9.93. The molecule has 2 N–H and O–H groups in total. The van der Waals surface area contributed by atoms with E-state index < -0.39 is 5.82 Å². The summed E-state index contributed by atoms with van der Waals surface area (Å²) in [6.45, 7) is 4.09. The van der Waals surface area contributed by atoms with Crippen LogP contribution in [0.25, 0.3) is 0 Å². The highest BCUT2D eigenvalue weighted by Gasteiger charge is 2.17. The third-order valence-electron chi connectivity index (χ3n) is 2.60. The van der Waals surface area contributed by atoms with Gasteiger partial charge in [0.1, 0.15) is 5.82 Å². The molecule has 0 saturated carbocycles. The zero-order valence-electron chi connectivity index (χ0n) is 8.84. The van der Waals surface area contributed by atoms with E-state index in [0.29, 0.717) is 11.5 Å². The Hall–Kier alpha value is -0.310. The van der Waals surface area contributed by atoms with Crippen LogP contribution in [0.2, 0.25) is 5.02 Å². The molecule has 0 aliphatic rings. The topological polar surface area (TPSA) is 26.0 Å². The predicted octanol–water partition coefficient (Wildman–Crippen LogP) is 3.95. The Morgan fingerprint density at radius 2 is 2.07 bits per heavy atom. The highest BCUT2D eigenvalue weighted by atomic mass is 35.5. The summed E-state index contributed by atoms with van der Waals surface area (Å²) in [4.78, 5) is 0. The van der Waals surface area contributed by atoms with Crippen molar-refractivity contribution in [3.05, 3.63) is 34.6 Å². The molecule has 0 radical (unpaired) electrons. The van der Waals surface area contributed by atoms with Crippen molar-refractivity contribution in [3.63, 3.8) is 0 Å². The van der Waals surface area contributed by atoms with Gasteiger partial charge in [-0.25, -0.2) is 4.39 Å². The third kappa shape index (κ3) is 3.33. The smallest absolute Gasteiger partial charge is 0.142 e. The molecule has 1 aromatic carbocycles. The molecule has 0 amide bonds. The number of nitrogens with two attached hydrogens (primary N) is 1. The molecule has 2 atom stereocenters. The van der Waals surface area contributed by atoms with Crippen molar-refractivity contribution >= 4 is 24.0 Å². The first-order valence-electron chi connectivity index (χ1n) is 4.77. The fourth-order valence-electron chi connectivity index (χ4n) is 1.34. The summed E-state index contributed by atoms with van der Waals surface area (Å²) in [5, 5.41) is 0.153. The second-order valence-electron chi connectivity index (χ2n) is 3.55. The Labute approximate surface area is 101 Å². The molecule has 1 aromatic rings. The SMILES string of the molecule is CCC(C)[C@@H](N)c1cccc(F)c1Cl.Cl.